The van der Waals surface area contributed by atoms with E-state index in [9.17, 15) is 13.2 Å². The van der Waals surface area contributed by atoms with Crippen molar-refractivity contribution < 1.29 is 17.9 Å². The number of benzene rings is 2. The molecule has 0 unspecified atom stereocenters. The predicted octanol–water partition coefficient (Wildman–Crippen LogP) is 3.66. The van der Waals surface area contributed by atoms with Crippen LogP contribution >= 0.6 is 11.8 Å². The minimum Gasteiger partial charge on any atom is -0.379 e. The van der Waals surface area contributed by atoms with Gasteiger partial charge in [0.2, 0.25) is 15.9 Å². The van der Waals surface area contributed by atoms with Crippen LogP contribution in [0.2, 0.25) is 0 Å². The summed E-state index contributed by atoms with van der Waals surface area (Å²) in [5.74, 6) is 0.143. The molecular formula is C25H25N3O4S2. The molecule has 3 heterocycles. The Balaban J connectivity index is 1.33. The summed E-state index contributed by atoms with van der Waals surface area (Å²) in [6, 6.07) is 19.3. The lowest BCUT2D eigenvalue weighted by Crippen LogP contribution is -2.40. The minimum absolute atomic E-state index is 0.0429. The minimum atomic E-state index is -3.59. The van der Waals surface area contributed by atoms with Crippen molar-refractivity contribution in [3.8, 4) is 0 Å². The smallest absolute Gasteiger partial charge is 0.244 e. The number of ether oxygens (including phenoxy) is 1. The molecule has 9 heteroatoms. The Hall–Kier alpha value is -2.72. The molecule has 2 aliphatic heterocycles. The lowest BCUT2D eigenvalue weighted by atomic mass is 10.0. The second kappa shape index (κ2) is 9.87. The highest BCUT2D eigenvalue weighted by atomic mass is 32.2. The zero-order valence-electron chi connectivity index (χ0n) is 18.6. The Morgan fingerprint density at radius 3 is 2.12 bits per heavy atom. The van der Waals surface area contributed by atoms with E-state index in [1.165, 1.54) is 22.3 Å². The van der Waals surface area contributed by atoms with E-state index in [1.807, 2.05) is 41.3 Å². The number of para-hydroxylation sites is 2. The average molecular weight is 496 g/mol. The lowest BCUT2D eigenvalue weighted by molar-refractivity contribution is -0.115. The van der Waals surface area contributed by atoms with Crippen LogP contribution in [0.5, 0.6) is 0 Å². The molecule has 0 atom stereocenters. The Morgan fingerprint density at radius 2 is 1.53 bits per heavy atom. The van der Waals surface area contributed by atoms with Gasteiger partial charge < -0.3 is 4.74 Å². The molecule has 0 radical (unpaired) electrons. The highest BCUT2D eigenvalue weighted by molar-refractivity contribution is 7.99. The third-order valence-corrected chi connectivity index (χ3v) is 8.85. The number of carbonyl (C=O) groups is 1. The number of pyridine rings is 1. The van der Waals surface area contributed by atoms with E-state index in [0.717, 1.165) is 35.3 Å². The third kappa shape index (κ3) is 4.61. The Morgan fingerprint density at radius 1 is 0.912 bits per heavy atom. The van der Waals surface area contributed by atoms with Crippen molar-refractivity contribution in [2.45, 2.75) is 22.8 Å². The maximum Gasteiger partial charge on any atom is 0.244 e. The number of nitrogens with zero attached hydrogens (tertiary/aromatic N) is 3. The van der Waals surface area contributed by atoms with E-state index in [0.29, 0.717) is 31.3 Å². The molecule has 0 spiro atoms. The molecular weight excluding hydrogens is 470 g/mol. The van der Waals surface area contributed by atoms with Gasteiger partial charge in [-0.2, -0.15) is 4.31 Å². The number of anilines is 2. The molecule has 0 N–H and O–H groups in total. The molecule has 3 aromatic rings. The standard InChI is InChI=1S/C25H25N3O4S2/c29-25(28-22-7-3-1-5-19(22)9-10-20-6-2-4-8-23(20)28)18-33-24-12-11-21(17-26-24)34(30,31)27-13-15-32-16-14-27/h1-8,11-12,17H,9-10,13-16,18H2. The van der Waals surface area contributed by atoms with Gasteiger partial charge in [-0.15, -0.1) is 0 Å². The van der Waals surface area contributed by atoms with E-state index in [-0.39, 0.29) is 16.6 Å². The van der Waals surface area contributed by atoms with Gasteiger partial charge in [0.15, 0.2) is 0 Å². The van der Waals surface area contributed by atoms with Gasteiger partial charge in [-0.25, -0.2) is 13.4 Å². The highest BCUT2D eigenvalue weighted by Crippen LogP contribution is 2.36. The van der Waals surface area contributed by atoms with Gasteiger partial charge in [0.25, 0.3) is 0 Å². The van der Waals surface area contributed by atoms with Gasteiger partial charge in [0.1, 0.15) is 4.90 Å². The number of carbonyl (C=O) groups excluding carboxylic acids is 1. The zero-order chi connectivity index (χ0) is 23.5. The van der Waals surface area contributed by atoms with Crippen LogP contribution in [0, 0.1) is 0 Å². The highest BCUT2D eigenvalue weighted by Gasteiger charge is 2.27. The molecule has 0 bridgehead atoms. The number of thioether (sulfide) groups is 1. The summed E-state index contributed by atoms with van der Waals surface area (Å²) in [6.45, 7) is 1.47. The maximum absolute atomic E-state index is 13.4. The maximum atomic E-state index is 13.4. The van der Waals surface area contributed by atoms with Crippen LogP contribution in [0.3, 0.4) is 0 Å². The van der Waals surface area contributed by atoms with Gasteiger partial charge in [0, 0.05) is 19.3 Å². The van der Waals surface area contributed by atoms with Crippen LogP contribution in [-0.4, -0.2) is 55.7 Å². The number of morpholine rings is 1. The SMILES string of the molecule is O=C(CSc1ccc(S(=O)(=O)N2CCOCC2)cn1)N1c2ccccc2CCc2ccccc21. The van der Waals surface area contributed by atoms with E-state index in [1.54, 1.807) is 12.1 Å². The van der Waals surface area contributed by atoms with Crippen molar-refractivity contribution >= 4 is 39.1 Å². The van der Waals surface area contributed by atoms with Gasteiger partial charge in [-0.05, 0) is 48.2 Å². The van der Waals surface area contributed by atoms with E-state index >= 15 is 0 Å². The largest absolute Gasteiger partial charge is 0.379 e. The van der Waals surface area contributed by atoms with Gasteiger partial charge >= 0.3 is 0 Å². The average Bonchev–Trinajstić information content (AvgIpc) is 3.05. The number of aryl methyl sites for hydroxylation is 2. The monoisotopic (exact) mass is 495 g/mol. The summed E-state index contributed by atoms with van der Waals surface area (Å²) < 4.78 is 32.3. The van der Waals surface area contributed by atoms with Gasteiger partial charge in [-0.3, -0.25) is 9.69 Å². The molecule has 1 amide bonds. The second-order valence-corrected chi connectivity index (χ2v) is 11.1. The molecule has 2 aliphatic rings. The number of fused-ring (bicyclic) bond motifs is 2. The molecule has 0 saturated carbocycles. The zero-order valence-corrected chi connectivity index (χ0v) is 20.2. The Labute approximate surface area is 203 Å². The number of aromatic nitrogens is 1. The first kappa shape index (κ1) is 23.0. The van der Waals surface area contributed by atoms with Crippen molar-refractivity contribution in [3.05, 3.63) is 78.0 Å². The predicted molar refractivity (Wildman–Crippen MR) is 132 cm³/mol. The van der Waals surface area contributed by atoms with E-state index in [4.69, 9.17) is 4.74 Å². The summed E-state index contributed by atoms with van der Waals surface area (Å²) in [5.41, 5.74) is 4.12. The van der Waals surface area contributed by atoms with Crippen molar-refractivity contribution in [2.24, 2.45) is 0 Å². The summed E-state index contributed by atoms with van der Waals surface area (Å²) in [4.78, 5) is 19.7. The molecule has 2 aromatic carbocycles. The van der Waals surface area contributed by atoms with Crippen LogP contribution in [0.1, 0.15) is 11.1 Å². The van der Waals surface area contributed by atoms with Crippen LogP contribution in [0.15, 0.2) is 76.8 Å². The quantitative estimate of drug-likeness (QED) is 0.503. The first-order valence-electron chi connectivity index (χ1n) is 11.2. The number of sulfonamides is 1. The Kier molecular flexibility index (Phi) is 6.69. The molecule has 0 aliphatic carbocycles. The molecule has 7 nitrogen and oxygen atoms in total. The van der Waals surface area contributed by atoms with Crippen molar-refractivity contribution in [3.63, 3.8) is 0 Å². The Bertz CT molecular complexity index is 1240. The molecule has 34 heavy (non-hydrogen) atoms. The molecule has 1 aromatic heterocycles. The normalized spacial score (nSPS) is 16.4. The van der Waals surface area contributed by atoms with Crippen LogP contribution in [0.25, 0.3) is 0 Å². The van der Waals surface area contributed by atoms with E-state index < -0.39 is 10.0 Å². The fraction of sp³-hybridized carbons (Fsp3) is 0.280. The number of hydrogen-bond acceptors (Lipinski definition) is 6. The second-order valence-electron chi connectivity index (χ2n) is 8.12. The summed E-state index contributed by atoms with van der Waals surface area (Å²) >= 11 is 1.30. The van der Waals surface area contributed by atoms with Crippen LogP contribution in [0.4, 0.5) is 11.4 Å². The van der Waals surface area contributed by atoms with Crippen LogP contribution in [-0.2, 0) is 32.4 Å². The topological polar surface area (TPSA) is 79.8 Å². The first-order valence-corrected chi connectivity index (χ1v) is 13.6. The fourth-order valence-corrected chi connectivity index (χ4v) is 6.34. The van der Waals surface area contributed by atoms with E-state index in [2.05, 4.69) is 17.1 Å². The van der Waals surface area contributed by atoms with Crippen molar-refractivity contribution in [1.82, 2.24) is 9.29 Å². The van der Waals surface area contributed by atoms with Gasteiger partial charge in [-0.1, -0.05) is 48.2 Å². The fourth-order valence-electron chi connectivity index (χ4n) is 4.29. The molecule has 5 rings (SSSR count). The number of hydrogen-bond donors (Lipinski definition) is 0. The van der Waals surface area contributed by atoms with Crippen molar-refractivity contribution in [2.75, 3.05) is 37.0 Å². The number of amides is 1. The van der Waals surface area contributed by atoms with Crippen LogP contribution < -0.4 is 4.90 Å². The molecule has 176 valence electrons. The first-order chi connectivity index (χ1) is 16.5. The summed E-state index contributed by atoms with van der Waals surface area (Å²) in [7, 11) is -3.59. The molecule has 1 fully saturated rings. The lowest BCUT2D eigenvalue weighted by Gasteiger charge is -2.26. The third-order valence-electron chi connectivity index (χ3n) is 6.04. The van der Waals surface area contributed by atoms with Crippen molar-refractivity contribution in [1.29, 1.82) is 0 Å². The van der Waals surface area contributed by atoms with Gasteiger partial charge in [0.05, 0.1) is 35.4 Å². The summed E-state index contributed by atoms with van der Waals surface area (Å²) in [5, 5.41) is 0.602. The molecule has 1 saturated heterocycles. The summed E-state index contributed by atoms with van der Waals surface area (Å²) in [6.07, 6.45) is 3.13. The number of rotatable bonds is 5.